The number of nitrogens with one attached hydrogen (secondary N) is 1. The zero-order chi connectivity index (χ0) is 14.7. The average Bonchev–Trinajstić information content (AvgIpc) is 2.30. The van der Waals surface area contributed by atoms with Crippen molar-refractivity contribution in [1.82, 2.24) is 4.90 Å². The number of nitrogens with zero attached hydrogens (tertiary/aromatic N) is 1. The molecule has 0 aliphatic carbocycles. The number of carboxylic acids is 1. The lowest BCUT2D eigenvalue weighted by Gasteiger charge is -2.37. The Hall–Kier alpha value is -1.30. The van der Waals surface area contributed by atoms with E-state index in [1.807, 2.05) is 4.90 Å². The van der Waals surface area contributed by atoms with Crippen molar-refractivity contribution in [3.05, 3.63) is 28.2 Å². The summed E-state index contributed by atoms with van der Waals surface area (Å²) >= 11 is 11.8. The van der Waals surface area contributed by atoms with Gasteiger partial charge in [0.25, 0.3) is 0 Å². The van der Waals surface area contributed by atoms with Crippen molar-refractivity contribution in [1.29, 1.82) is 0 Å². The fraction of sp³-hybridized carbons (Fsp3) is 0.385. The van der Waals surface area contributed by atoms with E-state index < -0.39 is 5.97 Å². The molecule has 0 radical (unpaired) electrons. The summed E-state index contributed by atoms with van der Waals surface area (Å²) in [6, 6.07) is 4.85. The molecule has 2 N–H and O–H groups in total. The van der Waals surface area contributed by atoms with Gasteiger partial charge in [0.05, 0.1) is 23.7 Å². The predicted molar refractivity (Wildman–Crippen MR) is 77.3 cm³/mol. The molecule has 1 aliphatic heterocycles. The summed E-state index contributed by atoms with van der Waals surface area (Å²) in [7, 11) is 0. The van der Waals surface area contributed by atoms with Crippen LogP contribution in [0.1, 0.15) is 6.42 Å². The highest BCUT2D eigenvalue weighted by molar-refractivity contribution is 6.35. The summed E-state index contributed by atoms with van der Waals surface area (Å²) in [6.45, 7) is 1.48. The highest BCUT2D eigenvalue weighted by atomic mass is 35.5. The first-order valence-electron chi connectivity index (χ1n) is 6.13. The SMILES string of the molecule is O=C(O)CC1CN(CC(=O)Nc2cc(Cl)ccc2Cl)C1. The van der Waals surface area contributed by atoms with Gasteiger partial charge in [-0.2, -0.15) is 0 Å². The average molecular weight is 317 g/mol. The Bertz CT molecular complexity index is 530. The number of aliphatic carboxylic acids is 1. The van der Waals surface area contributed by atoms with Crippen molar-refractivity contribution in [2.45, 2.75) is 6.42 Å². The van der Waals surface area contributed by atoms with Crippen LogP contribution in [0.2, 0.25) is 10.0 Å². The molecule has 7 heteroatoms. The molecule has 1 saturated heterocycles. The first kappa shape index (κ1) is 15.1. The van der Waals surface area contributed by atoms with Gasteiger partial charge in [-0.05, 0) is 24.1 Å². The molecule has 1 fully saturated rings. The van der Waals surface area contributed by atoms with E-state index in [-0.39, 0.29) is 24.8 Å². The van der Waals surface area contributed by atoms with Crippen LogP contribution < -0.4 is 5.32 Å². The van der Waals surface area contributed by atoms with Crippen molar-refractivity contribution in [2.24, 2.45) is 5.92 Å². The number of carboxylic acid groups (broad SMARTS) is 1. The number of hydrogen-bond donors (Lipinski definition) is 2. The number of halogens is 2. The third-order valence-corrected chi connectivity index (χ3v) is 3.63. The normalized spacial score (nSPS) is 15.7. The van der Waals surface area contributed by atoms with Crippen molar-refractivity contribution >= 4 is 40.8 Å². The fourth-order valence-corrected chi connectivity index (χ4v) is 2.50. The molecule has 2 rings (SSSR count). The number of carbonyl (C=O) groups excluding carboxylic acids is 1. The van der Waals surface area contributed by atoms with Crippen molar-refractivity contribution in [2.75, 3.05) is 25.0 Å². The van der Waals surface area contributed by atoms with Crippen LogP contribution in [-0.4, -0.2) is 41.5 Å². The molecular formula is C13H14Cl2N2O3. The molecule has 0 bridgehead atoms. The fourth-order valence-electron chi connectivity index (χ4n) is 2.17. The van der Waals surface area contributed by atoms with Crippen LogP contribution in [0.4, 0.5) is 5.69 Å². The molecule has 1 aromatic carbocycles. The standard InChI is InChI=1S/C13H14Cl2N2O3/c14-9-1-2-10(15)11(4-9)16-12(18)7-17-5-8(6-17)3-13(19)20/h1-2,4,8H,3,5-7H2,(H,16,18)(H,19,20). The van der Waals surface area contributed by atoms with Crippen LogP contribution in [0, 0.1) is 5.92 Å². The summed E-state index contributed by atoms with van der Waals surface area (Å²) in [5, 5.41) is 12.3. The number of likely N-dealkylation sites (tertiary alicyclic amines) is 1. The number of amides is 1. The minimum atomic E-state index is -0.801. The maximum Gasteiger partial charge on any atom is 0.303 e. The van der Waals surface area contributed by atoms with Gasteiger partial charge >= 0.3 is 5.97 Å². The summed E-state index contributed by atoms with van der Waals surface area (Å²) in [6.07, 6.45) is 0.151. The Kier molecular flexibility index (Phi) is 4.86. The van der Waals surface area contributed by atoms with Gasteiger partial charge in [0.15, 0.2) is 0 Å². The Morgan fingerprint density at radius 1 is 1.35 bits per heavy atom. The maximum absolute atomic E-state index is 11.8. The quantitative estimate of drug-likeness (QED) is 0.874. The van der Waals surface area contributed by atoms with Crippen LogP contribution in [0.3, 0.4) is 0 Å². The van der Waals surface area contributed by atoms with E-state index >= 15 is 0 Å². The second kappa shape index (κ2) is 6.43. The minimum Gasteiger partial charge on any atom is -0.481 e. The summed E-state index contributed by atoms with van der Waals surface area (Å²) < 4.78 is 0. The van der Waals surface area contributed by atoms with Crippen LogP contribution in [-0.2, 0) is 9.59 Å². The van der Waals surface area contributed by atoms with Gasteiger partial charge in [-0.15, -0.1) is 0 Å². The maximum atomic E-state index is 11.8. The van der Waals surface area contributed by atoms with E-state index in [0.717, 1.165) is 0 Å². The molecular weight excluding hydrogens is 303 g/mol. The van der Waals surface area contributed by atoms with Crippen molar-refractivity contribution < 1.29 is 14.7 Å². The zero-order valence-corrected chi connectivity index (χ0v) is 12.1. The second-order valence-corrected chi connectivity index (χ2v) is 5.67. The molecule has 1 amide bonds. The van der Waals surface area contributed by atoms with E-state index in [2.05, 4.69) is 5.32 Å². The van der Waals surface area contributed by atoms with E-state index in [1.165, 1.54) is 0 Å². The third kappa shape index (κ3) is 4.10. The van der Waals surface area contributed by atoms with Crippen LogP contribution in [0.25, 0.3) is 0 Å². The monoisotopic (exact) mass is 316 g/mol. The van der Waals surface area contributed by atoms with Gasteiger partial charge in [0.2, 0.25) is 5.91 Å². The van der Waals surface area contributed by atoms with Crippen LogP contribution in [0.5, 0.6) is 0 Å². The smallest absolute Gasteiger partial charge is 0.303 e. The topological polar surface area (TPSA) is 69.6 Å². The highest BCUT2D eigenvalue weighted by Gasteiger charge is 2.29. The summed E-state index contributed by atoms with van der Waals surface area (Å²) in [5.41, 5.74) is 0.478. The minimum absolute atomic E-state index is 0.134. The lowest BCUT2D eigenvalue weighted by molar-refractivity contribution is -0.139. The van der Waals surface area contributed by atoms with Gasteiger partial charge in [-0.3, -0.25) is 14.5 Å². The molecule has 1 heterocycles. The lowest BCUT2D eigenvalue weighted by atomic mass is 9.96. The Labute approximate surface area is 126 Å². The van der Waals surface area contributed by atoms with Crippen LogP contribution in [0.15, 0.2) is 18.2 Å². The Morgan fingerprint density at radius 3 is 2.70 bits per heavy atom. The summed E-state index contributed by atoms with van der Waals surface area (Å²) in [4.78, 5) is 24.2. The molecule has 1 aromatic rings. The number of benzene rings is 1. The lowest BCUT2D eigenvalue weighted by Crippen LogP contribution is -2.50. The van der Waals surface area contributed by atoms with Gasteiger partial charge in [-0.25, -0.2) is 0 Å². The molecule has 0 atom stereocenters. The number of rotatable bonds is 5. The van der Waals surface area contributed by atoms with E-state index in [1.54, 1.807) is 18.2 Å². The molecule has 5 nitrogen and oxygen atoms in total. The van der Waals surface area contributed by atoms with Gasteiger partial charge in [0.1, 0.15) is 0 Å². The number of carbonyl (C=O) groups is 2. The number of anilines is 1. The second-order valence-electron chi connectivity index (χ2n) is 4.83. The highest BCUT2D eigenvalue weighted by Crippen LogP contribution is 2.25. The van der Waals surface area contributed by atoms with Gasteiger partial charge in [-0.1, -0.05) is 23.2 Å². The predicted octanol–water partition coefficient (Wildman–Crippen LogP) is 2.34. The van der Waals surface area contributed by atoms with Crippen molar-refractivity contribution in [3.8, 4) is 0 Å². The summed E-state index contributed by atoms with van der Waals surface area (Å²) in [5.74, 6) is -0.859. The van der Waals surface area contributed by atoms with Crippen molar-refractivity contribution in [3.63, 3.8) is 0 Å². The largest absolute Gasteiger partial charge is 0.481 e. The van der Waals surface area contributed by atoms with E-state index in [0.29, 0.717) is 28.8 Å². The molecule has 1 aliphatic rings. The zero-order valence-electron chi connectivity index (χ0n) is 10.6. The molecule has 0 aromatic heterocycles. The van der Waals surface area contributed by atoms with E-state index in [9.17, 15) is 9.59 Å². The Balaban J connectivity index is 1.79. The van der Waals surface area contributed by atoms with Gasteiger partial charge in [0, 0.05) is 18.1 Å². The number of hydrogen-bond acceptors (Lipinski definition) is 3. The Morgan fingerprint density at radius 2 is 2.05 bits per heavy atom. The first-order chi connectivity index (χ1) is 9.44. The van der Waals surface area contributed by atoms with Crippen LogP contribution >= 0.6 is 23.2 Å². The molecule has 108 valence electrons. The third-order valence-electron chi connectivity index (χ3n) is 3.07. The first-order valence-corrected chi connectivity index (χ1v) is 6.88. The molecule has 0 saturated carbocycles. The van der Waals surface area contributed by atoms with Gasteiger partial charge < -0.3 is 10.4 Å². The molecule has 20 heavy (non-hydrogen) atoms. The molecule has 0 spiro atoms. The molecule has 0 unspecified atom stereocenters. The van der Waals surface area contributed by atoms with E-state index in [4.69, 9.17) is 28.3 Å².